The molecule has 3 N–H and O–H groups in total. The van der Waals surface area contributed by atoms with Gasteiger partial charge in [0.25, 0.3) is 0 Å². The lowest BCUT2D eigenvalue weighted by atomic mass is 10.0. The summed E-state index contributed by atoms with van der Waals surface area (Å²) in [5, 5.41) is 0. The highest BCUT2D eigenvalue weighted by Gasteiger charge is 2.13. The Morgan fingerprint density at radius 2 is 2.24 bits per heavy atom. The van der Waals surface area contributed by atoms with Crippen molar-refractivity contribution in [2.24, 2.45) is 5.84 Å². The highest BCUT2D eigenvalue weighted by Crippen LogP contribution is 2.22. The molecule has 3 nitrogen and oxygen atoms in total. The van der Waals surface area contributed by atoms with E-state index in [1.807, 2.05) is 6.07 Å². The lowest BCUT2D eigenvalue weighted by molar-refractivity contribution is 0.416. The Morgan fingerprint density at radius 3 is 2.82 bits per heavy atom. The molecule has 1 unspecified atom stereocenters. The number of benzene rings is 1. The van der Waals surface area contributed by atoms with Crippen LogP contribution < -0.4 is 11.3 Å². The van der Waals surface area contributed by atoms with Crippen LogP contribution in [0.25, 0.3) is 0 Å². The molecule has 1 aromatic carbocycles. The zero-order valence-electron chi connectivity index (χ0n) is 8.99. The molecule has 0 amide bonds. The van der Waals surface area contributed by atoms with Gasteiger partial charge in [0, 0.05) is 0 Å². The van der Waals surface area contributed by atoms with E-state index in [1.54, 1.807) is 24.5 Å². The maximum Gasteiger partial charge on any atom is 0.137 e. The fourth-order valence-electron chi connectivity index (χ4n) is 1.63. The van der Waals surface area contributed by atoms with Gasteiger partial charge in [-0.25, -0.2) is 9.82 Å². The van der Waals surface area contributed by atoms with E-state index >= 15 is 0 Å². The van der Waals surface area contributed by atoms with Gasteiger partial charge in [0.05, 0.1) is 16.8 Å². The number of hydrogen-bond acceptors (Lipinski definition) is 3. The predicted molar refractivity (Wildman–Crippen MR) is 66.6 cm³/mol. The third-order valence-electron chi connectivity index (χ3n) is 2.51. The number of nitrogens with one attached hydrogen (secondary N) is 1. The standard InChI is InChI=1S/C12H12BrFN2O/c13-9-6-8(3-4-10(9)14)7-11(16-15)12-2-1-5-17-12/h1-6,11,16H,7,15H2. The second kappa shape index (κ2) is 5.44. The first-order valence-electron chi connectivity index (χ1n) is 5.14. The Kier molecular flexibility index (Phi) is 3.93. The van der Waals surface area contributed by atoms with Crippen LogP contribution in [0.5, 0.6) is 0 Å². The molecule has 2 aromatic rings. The molecule has 1 atom stereocenters. The third-order valence-corrected chi connectivity index (χ3v) is 3.12. The lowest BCUT2D eigenvalue weighted by Crippen LogP contribution is -2.29. The van der Waals surface area contributed by atoms with Crippen molar-refractivity contribution in [1.29, 1.82) is 0 Å². The van der Waals surface area contributed by atoms with Gasteiger partial charge in [-0.2, -0.15) is 0 Å². The van der Waals surface area contributed by atoms with Crippen LogP contribution in [0.3, 0.4) is 0 Å². The maximum absolute atomic E-state index is 13.1. The molecular formula is C12H12BrFN2O. The Labute approximate surface area is 107 Å². The molecule has 0 aliphatic rings. The van der Waals surface area contributed by atoms with Gasteiger partial charge in [-0.3, -0.25) is 5.84 Å². The van der Waals surface area contributed by atoms with Crippen LogP contribution in [0.2, 0.25) is 0 Å². The molecule has 0 fully saturated rings. The summed E-state index contributed by atoms with van der Waals surface area (Å²) in [5.41, 5.74) is 3.65. The van der Waals surface area contributed by atoms with Gasteiger partial charge >= 0.3 is 0 Å². The summed E-state index contributed by atoms with van der Waals surface area (Å²) in [4.78, 5) is 0. The monoisotopic (exact) mass is 298 g/mol. The topological polar surface area (TPSA) is 51.2 Å². The Hall–Kier alpha value is -1.17. The minimum atomic E-state index is -0.274. The average molecular weight is 299 g/mol. The quantitative estimate of drug-likeness (QED) is 0.674. The minimum absolute atomic E-state index is 0.123. The molecule has 0 bridgehead atoms. The summed E-state index contributed by atoms with van der Waals surface area (Å²) in [6.07, 6.45) is 2.23. The molecule has 2 rings (SSSR count). The number of hydrazine groups is 1. The minimum Gasteiger partial charge on any atom is -0.468 e. The molecule has 0 saturated heterocycles. The SMILES string of the molecule is NNC(Cc1ccc(F)c(Br)c1)c1ccco1. The summed E-state index contributed by atoms with van der Waals surface area (Å²) in [6.45, 7) is 0. The van der Waals surface area contributed by atoms with Gasteiger partial charge in [0.2, 0.25) is 0 Å². The van der Waals surface area contributed by atoms with Crippen molar-refractivity contribution < 1.29 is 8.81 Å². The second-order valence-electron chi connectivity index (χ2n) is 3.69. The predicted octanol–water partition coefficient (Wildman–Crippen LogP) is 2.93. The van der Waals surface area contributed by atoms with Crippen molar-refractivity contribution in [3.8, 4) is 0 Å². The lowest BCUT2D eigenvalue weighted by Gasteiger charge is -2.13. The van der Waals surface area contributed by atoms with Crippen LogP contribution in [-0.2, 0) is 6.42 Å². The van der Waals surface area contributed by atoms with Crippen LogP contribution in [0.4, 0.5) is 4.39 Å². The van der Waals surface area contributed by atoms with E-state index in [0.717, 1.165) is 11.3 Å². The van der Waals surface area contributed by atoms with Crippen LogP contribution in [0, 0.1) is 5.82 Å². The van der Waals surface area contributed by atoms with Gasteiger partial charge in [0.1, 0.15) is 11.6 Å². The van der Waals surface area contributed by atoms with E-state index in [0.29, 0.717) is 10.9 Å². The van der Waals surface area contributed by atoms with Crippen LogP contribution in [0.1, 0.15) is 17.4 Å². The van der Waals surface area contributed by atoms with Crippen molar-refractivity contribution in [3.05, 3.63) is 58.2 Å². The van der Waals surface area contributed by atoms with Gasteiger partial charge in [-0.05, 0) is 52.2 Å². The first-order chi connectivity index (χ1) is 8.20. The molecule has 0 spiro atoms. The average Bonchev–Trinajstić information content (AvgIpc) is 2.84. The largest absolute Gasteiger partial charge is 0.468 e. The molecule has 90 valence electrons. The Morgan fingerprint density at radius 1 is 1.41 bits per heavy atom. The zero-order chi connectivity index (χ0) is 12.3. The number of halogens is 2. The number of hydrogen-bond donors (Lipinski definition) is 2. The van der Waals surface area contributed by atoms with E-state index in [2.05, 4.69) is 21.4 Å². The molecule has 0 radical (unpaired) electrons. The summed E-state index contributed by atoms with van der Waals surface area (Å²) >= 11 is 3.16. The van der Waals surface area contributed by atoms with E-state index in [4.69, 9.17) is 10.3 Å². The zero-order valence-corrected chi connectivity index (χ0v) is 10.6. The Bertz CT molecular complexity index is 487. The maximum atomic E-state index is 13.1. The molecule has 0 aliphatic heterocycles. The van der Waals surface area contributed by atoms with Crippen LogP contribution >= 0.6 is 15.9 Å². The summed E-state index contributed by atoms with van der Waals surface area (Å²) in [5.74, 6) is 5.97. The van der Waals surface area contributed by atoms with Crippen molar-refractivity contribution in [2.45, 2.75) is 12.5 Å². The smallest absolute Gasteiger partial charge is 0.137 e. The number of furan rings is 1. The molecule has 1 heterocycles. The van der Waals surface area contributed by atoms with E-state index in [9.17, 15) is 4.39 Å². The number of rotatable bonds is 4. The van der Waals surface area contributed by atoms with Gasteiger partial charge in [0.15, 0.2) is 0 Å². The second-order valence-corrected chi connectivity index (χ2v) is 4.54. The first-order valence-corrected chi connectivity index (χ1v) is 5.93. The van der Waals surface area contributed by atoms with Crippen molar-refractivity contribution in [3.63, 3.8) is 0 Å². The van der Waals surface area contributed by atoms with E-state index in [1.165, 1.54) is 6.07 Å². The Balaban J connectivity index is 2.16. The molecule has 0 saturated carbocycles. The molecular weight excluding hydrogens is 287 g/mol. The van der Waals surface area contributed by atoms with Crippen LogP contribution in [0.15, 0.2) is 45.5 Å². The highest BCUT2D eigenvalue weighted by molar-refractivity contribution is 9.10. The normalized spacial score (nSPS) is 12.6. The summed E-state index contributed by atoms with van der Waals surface area (Å²) in [7, 11) is 0. The molecule has 1 aromatic heterocycles. The number of nitrogens with two attached hydrogens (primary N) is 1. The van der Waals surface area contributed by atoms with E-state index in [-0.39, 0.29) is 11.9 Å². The van der Waals surface area contributed by atoms with Gasteiger partial charge in [-0.15, -0.1) is 0 Å². The fourth-order valence-corrected chi connectivity index (χ4v) is 2.06. The summed E-state index contributed by atoms with van der Waals surface area (Å²) < 4.78 is 18.8. The van der Waals surface area contributed by atoms with Crippen molar-refractivity contribution in [1.82, 2.24) is 5.43 Å². The van der Waals surface area contributed by atoms with Gasteiger partial charge in [-0.1, -0.05) is 6.07 Å². The molecule has 17 heavy (non-hydrogen) atoms. The van der Waals surface area contributed by atoms with Crippen LogP contribution in [-0.4, -0.2) is 0 Å². The van der Waals surface area contributed by atoms with Gasteiger partial charge < -0.3 is 4.42 Å². The molecule has 5 heteroatoms. The van der Waals surface area contributed by atoms with E-state index < -0.39 is 0 Å². The first kappa shape index (κ1) is 12.3. The van der Waals surface area contributed by atoms with Crippen molar-refractivity contribution in [2.75, 3.05) is 0 Å². The summed E-state index contributed by atoms with van der Waals surface area (Å²) in [6, 6.07) is 8.43. The van der Waals surface area contributed by atoms with Crippen molar-refractivity contribution >= 4 is 15.9 Å². The fraction of sp³-hybridized carbons (Fsp3) is 0.167. The highest BCUT2D eigenvalue weighted by atomic mass is 79.9. The molecule has 0 aliphatic carbocycles. The third kappa shape index (κ3) is 2.94.